The molecule has 92 valence electrons. The predicted molar refractivity (Wildman–Crippen MR) is 68.6 cm³/mol. The van der Waals surface area contributed by atoms with Crippen molar-refractivity contribution >= 4 is 11.8 Å². The van der Waals surface area contributed by atoms with E-state index in [1.807, 2.05) is 31.0 Å². The summed E-state index contributed by atoms with van der Waals surface area (Å²) in [6.07, 6.45) is 5.71. The molecule has 0 aliphatic rings. The highest BCUT2D eigenvalue weighted by atomic mass is 32.2. The van der Waals surface area contributed by atoms with E-state index in [1.165, 1.54) is 0 Å². The molecule has 16 heavy (non-hydrogen) atoms. The molecule has 0 saturated carbocycles. The number of hydrogen-bond acceptors (Lipinski definition) is 4. The van der Waals surface area contributed by atoms with Crippen molar-refractivity contribution in [1.82, 2.24) is 14.9 Å². The van der Waals surface area contributed by atoms with Crippen molar-refractivity contribution in [3.63, 3.8) is 0 Å². The largest absolute Gasteiger partial charge is 0.388 e. The van der Waals surface area contributed by atoms with Gasteiger partial charge in [0.1, 0.15) is 5.82 Å². The molecule has 1 rings (SSSR count). The van der Waals surface area contributed by atoms with Crippen LogP contribution in [0, 0.1) is 0 Å². The van der Waals surface area contributed by atoms with Crippen molar-refractivity contribution in [2.24, 2.45) is 7.05 Å². The maximum atomic E-state index is 10.0. The second kappa shape index (κ2) is 5.70. The number of aromatic nitrogens is 2. The highest BCUT2D eigenvalue weighted by molar-refractivity contribution is 7.98. The van der Waals surface area contributed by atoms with Crippen molar-refractivity contribution < 1.29 is 5.11 Å². The van der Waals surface area contributed by atoms with Gasteiger partial charge in [-0.25, -0.2) is 4.98 Å². The van der Waals surface area contributed by atoms with Gasteiger partial charge in [0.25, 0.3) is 0 Å². The third kappa shape index (κ3) is 3.81. The van der Waals surface area contributed by atoms with E-state index in [4.69, 9.17) is 0 Å². The molecule has 1 aromatic rings. The fraction of sp³-hybridized carbons (Fsp3) is 0.727. The quantitative estimate of drug-likeness (QED) is 0.788. The number of imidazole rings is 1. The Labute approximate surface area is 101 Å². The van der Waals surface area contributed by atoms with Gasteiger partial charge in [-0.1, -0.05) is 0 Å². The molecule has 0 spiro atoms. The lowest BCUT2D eigenvalue weighted by atomic mass is 10.1. The van der Waals surface area contributed by atoms with Gasteiger partial charge < -0.3 is 15.0 Å². The van der Waals surface area contributed by atoms with Gasteiger partial charge in [-0.15, -0.1) is 0 Å². The van der Waals surface area contributed by atoms with Crippen molar-refractivity contribution in [2.75, 3.05) is 18.6 Å². The summed E-state index contributed by atoms with van der Waals surface area (Å²) < 4.78 is 1.99. The Bertz CT molecular complexity index is 325. The number of nitrogens with one attached hydrogen (secondary N) is 1. The lowest BCUT2D eigenvalue weighted by molar-refractivity contribution is 0.0816. The Morgan fingerprint density at radius 1 is 1.69 bits per heavy atom. The van der Waals surface area contributed by atoms with Crippen LogP contribution in [-0.2, 0) is 7.05 Å². The average Bonchev–Trinajstić information content (AvgIpc) is 2.61. The van der Waals surface area contributed by atoms with Crippen LogP contribution in [0.5, 0.6) is 0 Å². The molecule has 0 aromatic carbocycles. The normalized spacial score (nSPS) is 17.1. The minimum atomic E-state index is -0.668. The Kier molecular flexibility index (Phi) is 4.83. The summed E-state index contributed by atoms with van der Waals surface area (Å²) in [5.74, 6) is 1.72. The molecule has 0 amide bonds. The van der Waals surface area contributed by atoms with Crippen LogP contribution in [0.15, 0.2) is 12.4 Å². The Morgan fingerprint density at radius 2 is 2.38 bits per heavy atom. The van der Waals surface area contributed by atoms with Crippen LogP contribution in [0.1, 0.15) is 25.7 Å². The Hall–Kier alpha value is -0.520. The van der Waals surface area contributed by atoms with E-state index in [-0.39, 0.29) is 6.04 Å². The molecule has 0 bridgehead atoms. The third-order valence-corrected chi connectivity index (χ3v) is 3.40. The fourth-order valence-electron chi connectivity index (χ4n) is 1.62. The van der Waals surface area contributed by atoms with Crippen molar-refractivity contribution in [3.05, 3.63) is 18.2 Å². The van der Waals surface area contributed by atoms with Crippen LogP contribution < -0.4 is 5.32 Å². The molecule has 5 heteroatoms. The maximum absolute atomic E-state index is 10.0. The lowest BCUT2D eigenvalue weighted by Gasteiger charge is -2.25. The first kappa shape index (κ1) is 13.5. The van der Waals surface area contributed by atoms with Gasteiger partial charge in [-0.2, -0.15) is 11.8 Å². The van der Waals surface area contributed by atoms with Crippen LogP contribution in [0.2, 0.25) is 0 Å². The SMILES string of the molecule is CSCC(C)(O)CNC(C)c1nccn1C. The summed E-state index contributed by atoms with van der Waals surface area (Å²) in [6.45, 7) is 4.47. The van der Waals surface area contributed by atoms with E-state index in [1.54, 1.807) is 18.0 Å². The first-order valence-electron chi connectivity index (χ1n) is 5.38. The minimum absolute atomic E-state index is 0.147. The van der Waals surface area contributed by atoms with Crippen LogP contribution >= 0.6 is 11.8 Å². The van der Waals surface area contributed by atoms with Gasteiger partial charge in [0.2, 0.25) is 0 Å². The highest BCUT2D eigenvalue weighted by Gasteiger charge is 2.21. The van der Waals surface area contributed by atoms with Crippen LogP contribution in [0.3, 0.4) is 0 Å². The van der Waals surface area contributed by atoms with Gasteiger partial charge in [0.05, 0.1) is 11.6 Å². The van der Waals surface area contributed by atoms with Gasteiger partial charge in [0, 0.05) is 31.7 Å². The number of aryl methyl sites for hydroxylation is 1. The molecule has 1 aromatic heterocycles. The van der Waals surface area contributed by atoms with Gasteiger partial charge in [0.15, 0.2) is 0 Å². The second-order valence-corrected chi connectivity index (χ2v) is 5.29. The van der Waals surface area contributed by atoms with Gasteiger partial charge in [-0.05, 0) is 20.1 Å². The van der Waals surface area contributed by atoms with Crippen LogP contribution in [0.25, 0.3) is 0 Å². The number of nitrogens with zero attached hydrogens (tertiary/aromatic N) is 2. The highest BCUT2D eigenvalue weighted by Crippen LogP contribution is 2.13. The topological polar surface area (TPSA) is 50.1 Å². The first-order chi connectivity index (χ1) is 7.46. The lowest BCUT2D eigenvalue weighted by Crippen LogP contribution is -2.41. The second-order valence-electron chi connectivity index (χ2n) is 4.43. The molecule has 1 heterocycles. The zero-order valence-electron chi connectivity index (χ0n) is 10.4. The smallest absolute Gasteiger partial charge is 0.125 e. The zero-order chi connectivity index (χ0) is 12.2. The van der Waals surface area contributed by atoms with E-state index in [9.17, 15) is 5.11 Å². The van der Waals surface area contributed by atoms with Crippen LogP contribution in [0.4, 0.5) is 0 Å². The summed E-state index contributed by atoms with van der Waals surface area (Å²) in [4.78, 5) is 4.28. The van der Waals surface area contributed by atoms with E-state index in [0.717, 1.165) is 11.6 Å². The predicted octanol–water partition coefficient (Wildman–Crippen LogP) is 1.18. The summed E-state index contributed by atoms with van der Waals surface area (Å²) >= 11 is 1.65. The van der Waals surface area contributed by atoms with Gasteiger partial charge in [-0.3, -0.25) is 0 Å². The molecule has 0 fully saturated rings. The minimum Gasteiger partial charge on any atom is -0.388 e. The maximum Gasteiger partial charge on any atom is 0.125 e. The molecule has 2 N–H and O–H groups in total. The molecule has 2 unspecified atom stereocenters. The molecule has 0 aliphatic heterocycles. The van der Waals surface area contributed by atoms with E-state index in [2.05, 4.69) is 17.2 Å². The van der Waals surface area contributed by atoms with Crippen molar-refractivity contribution in [2.45, 2.75) is 25.5 Å². The Balaban J connectivity index is 2.47. The number of aliphatic hydroxyl groups is 1. The van der Waals surface area contributed by atoms with Crippen molar-refractivity contribution in [3.8, 4) is 0 Å². The molecule has 2 atom stereocenters. The van der Waals surface area contributed by atoms with Gasteiger partial charge >= 0.3 is 0 Å². The molecular weight excluding hydrogens is 222 g/mol. The first-order valence-corrected chi connectivity index (χ1v) is 6.77. The summed E-state index contributed by atoms with van der Waals surface area (Å²) in [5.41, 5.74) is -0.668. The standard InChI is InChI=1S/C11H21N3OS/c1-9(10-12-5-6-14(10)3)13-7-11(2,15)8-16-4/h5-6,9,13,15H,7-8H2,1-4H3. The van der Waals surface area contributed by atoms with E-state index >= 15 is 0 Å². The summed E-state index contributed by atoms with van der Waals surface area (Å²) in [5, 5.41) is 13.3. The van der Waals surface area contributed by atoms with Crippen LogP contribution in [-0.4, -0.2) is 38.8 Å². The molecule has 0 radical (unpaired) electrons. The molecule has 0 saturated heterocycles. The average molecular weight is 243 g/mol. The molecule has 0 aliphatic carbocycles. The number of rotatable bonds is 6. The fourth-order valence-corrected chi connectivity index (χ4v) is 2.34. The van der Waals surface area contributed by atoms with Crippen molar-refractivity contribution in [1.29, 1.82) is 0 Å². The molecular formula is C11H21N3OS. The number of hydrogen-bond donors (Lipinski definition) is 2. The number of thioether (sulfide) groups is 1. The summed E-state index contributed by atoms with van der Waals surface area (Å²) in [7, 11) is 1.97. The van der Waals surface area contributed by atoms with E-state index in [0.29, 0.717) is 6.54 Å². The van der Waals surface area contributed by atoms with E-state index < -0.39 is 5.60 Å². The Morgan fingerprint density at radius 3 is 2.88 bits per heavy atom. The third-order valence-electron chi connectivity index (χ3n) is 2.49. The molecule has 4 nitrogen and oxygen atoms in total. The zero-order valence-corrected chi connectivity index (χ0v) is 11.2. The summed E-state index contributed by atoms with van der Waals surface area (Å²) in [6, 6.07) is 0.147. The monoisotopic (exact) mass is 243 g/mol.